The Morgan fingerprint density at radius 2 is 2.22 bits per heavy atom. The van der Waals surface area contributed by atoms with Crippen LogP contribution in [0, 0.1) is 6.92 Å². The number of ether oxygens (including phenoxy) is 1. The van der Waals surface area contributed by atoms with Gasteiger partial charge in [0.05, 0.1) is 6.10 Å². The summed E-state index contributed by atoms with van der Waals surface area (Å²) < 4.78 is 11.3. The second-order valence-electron chi connectivity index (χ2n) is 6.17. The molecular weight excluding hydrogens is 292 g/mol. The van der Waals surface area contributed by atoms with Crippen LogP contribution in [-0.2, 0) is 11.3 Å². The standard InChI is InChI=1S/C17H20N4O2/c1-11-8-21(10-16(22-11)17-19-12(2)20-23-17)9-13-4-3-5-15-14(13)6-7-18-15/h3-7,11,16,18H,8-10H2,1-2H3/t11-,16-/m1/s1. The molecule has 23 heavy (non-hydrogen) atoms. The molecule has 6 nitrogen and oxygen atoms in total. The number of aryl methyl sites for hydroxylation is 1. The Morgan fingerprint density at radius 1 is 1.30 bits per heavy atom. The van der Waals surface area contributed by atoms with E-state index in [0.29, 0.717) is 11.7 Å². The Balaban J connectivity index is 1.55. The third-order valence-electron chi connectivity index (χ3n) is 4.23. The highest BCUT2D eigenvalue weighted by atomic mass is 16.5. The van der Waals surface area contributed by atoms with Gasteiger partial charge in [-0.05, 0) is 31.5 Å². The monoisotopic (exact) mass is 312 g/mol. The fraction of sp³-hybridized carbons (Fsp3) is 0.412. The van der Waals surface area contributed by atoms with Gasteiger partial charge in [0.25, 0.3) is 5.89 Å². The summed E-state index contributed by atoms with van der Waals surface area (Å²) in [7, 11) is 0. The summed E-state index contributed by atoms with van der Waals surface area (Å²) in [6, 6.07) is 8.51. The summed E-state index contributed by atoms with van der Waals surface area (Å²) in [5, 5.41) is 5.15. The highest BCUT2D eigenvalue weighted by molar-refractivity contribution is 5.82. The summed E-state index contributed by atoms with van der Waals surface area (Å²) in [5.74, 6) is 1.21. The molecule has 0 bridgehead atoms. The van der Waals surface area contributed by atoms with E-state index in [1.807, 2.05) is 13.1 Å². The van der Waals surface area contributed by atoms with Crippen molar-refractivity contribution in [3.63, 3.8) is 0 Å². The van der Waals surface area contributed by atoms with Crippen molar-refractivity contribution in [2.24, 2.45) is 0 Å². The third-order valence-corrected chi connectivity index (χ3v) is 4.23. The van der Waals surface area contributed by atoms with Gasteiger partial charge in [-0.1, -0.05) is 17.3 Å². The van der Waals surface area contributed by atoms with Gasteiger partial charge >= 0.3 is 0 Å². The van der Waals surface area contributed by atoms with Crippen molar-refractivity contribution in [1.82, 2.24) is 20.0 Å². The maximum absolute atomic E-state index is 5.98. The first kappa shape index (κ1) is 14.4. The number of morpholine rings is 1. The van der Waals surface area contributed by atoms with Crippen molar-refractivity contribution in [1.29, 1.82) is 0 Å². The van der Waals surface area contributed by atoms with Crippen LogP contribution in [-0.4, -0.2) is 39.2 Å². The molecule has 1 N–H and O–H groups in total. The quantitative estimate of drug-likeness (QED) is 0.805. The molecule has 1 saturated heterocycles. The minimum absolute atomic E-state index is 0.131. The molecule has 0 aliphatic carbocycles. The molecule has 2 atom stereocenters. The maximum atomic E-state index is 5.98. The van der Waals surface area contributed by atoms with Gasteiger partial charge in [0.15, 0.2) is 5.82 Å². The highest BCUT2D eigenvalue weighted by Crippen LogP contribution is 2.26. The number of hydrogen-bond acceptors (Lipinski definition) is 5. The molecule has 0 spiro atoms. The van der Waals surface area contributed by atoms with Crippen LogP contribution in [0.2, 0.25) is 0 Å². The number of hydrogen-bond donors (Lipinski definition) is 1. The third kappa shape index (κ3) is 2.87. The topological polar surface area (TPSA) is 67.2 Å². The molecule has 120 valence electrons. The van der Waals surface area contributed by atoms with Crippen LogP contribution in [0.1, 0.15) is 30.3 Å². The lowest BCUT2D eigenvalue weighted by Gasteiger charge is -2.35. The van der Waals surface area contributed by atoms with Gasteiger partial charge in [0.2, 0.25) is 0 Å². The number of rotatable bonds is 3. The maximum Gasteiger partial charge on any atom is 0.257 e. The first-order chi connectivity index (χ1) is 11.2. The van der Waals surface area contributed by atoms with E-state index >= 15 is 0 Å². The van der Waals surface area contributed by atoms with E-state index in [-0.39, 0.29) is 12.2 Å². The lowest BCUT2D eigenvalue weighted by Crippen LogP contribution is -2.42. The predicted octanol–water partition coefficient (Wildman–Crippen LogP) is 2.82. The zero-order valence-electron chi connectivity index (χ0n) is 13.3. The van der Waals surface area contributed by atoms with E-state index in [2.05, 4.69) is 51.2 Å². The van der Waals surface area contributed by atoms with E-state index in [1.54, 1.807) is 0 Å². The second kappa shape index (κ2) is 5.79. The predicted molar refractivity (Wildman–Crippen MR) is 85.9 cm³/mol. The number of aromatic amines is 1. The number of benzene rings is 1. The van der Waals surface area contributed by atoms with Crippen molar-refractivity contribution >= 4 is 10.9 Å². The first-order valence-corrected chi connectivity index (χ1v) is 7.92. The molecule has 1 aliphatic rings. The van der Waals surface area contributed by atoms with Crippen LogP contribution >= 0.6 is 0 Å². The van der Waals surface area contributed by atoms with Crippen LogP contribution in [0.25, 0.3) is 10.9 Å². The summed E-state index contributed by atoms with van der Waals surface area (Å²) >= 11 is 0. The molecule has 3 heterocycles. The van der Waals surface area contributed by atoms with Gasteiger partial charge in [0.1, 0.15) is 6.10 Å². The van der Waals surface area contributed by atoms with Gasteiger partial charge in [-0.3, -0.25) is 4.90 Å². The number of nitrogens with one attached hydrogen (secondary N) is 1. The van der Waals surface area contributed by atoms with Crippen LogP contribution in [0.4, 0.5) is 0 Å². The molecule has 0 unspecified atom stereocenters. The number of aromatic nitrogens is 3. The molecule has 1 aromatic carbocycles. The lowest BCUT2D eigenvalue weighted by molar-refractivity contribution is -0.0929. The van der Waals surface area contributed by atoms with Crippen molar-refractivity contribution < 1.29 is 9.26 Å². The molecule has 4 rings (SSSR count). The number of fused-ring (bicyclic) bond motifs is 1. The second-order valence-corrected chi connectivity index (χ2v) is 6.17. The molecule has 0 amide bonds. The Hall–Kier alpha value is -2.18. The lowest BCUT2D eigenvalue weighted by atomic mass is 10.1. The van der Waals surface area contributed by atoms with Crippen molar-refractivity contribution in [2.45, 2.75) is 32.6 Å². The first-order valence-electron chi connectivity index (χ1n) is 7.92. The average molecular weight is 312 g/mol. The zero-order valence-corrected chi connectivity index (χ0v) is 13.3. The summed E-state index contributed by atoms with van der Waals surface area (Å²) in [6.07, 6.45) is 1.96. The fourth-order valence-corrected chi connectivity index (χ4v) is 3.28. The highest BCUT2D eigenvalue weighted by Gasteiger charge is 2.30. The van der Waals surface area contributed by atoms with Gasteiger partial charge in [-0.15, -0.1) is 0 Å². The molecule has 2 aromatic heterocycles. The Kier molecular flexibility index (Phi) is 3.63. The van der Waals surface area contributed by atoms with Crippen LogP contribution in [0.15, 0.2) is 35.0 Å². The largest absolute Gasteiger partial charge is 0.363 e. The van der Waals surface area contributed by atoms with Gasteiger partial charge in [0, 0.05) is 36.7 Å². The molecule has 0 radical (unpaired) electrons. The molecule has 1 fully saturated rings. The van der Waals surface area contributed by atoms with Crippen LogP contribution in [0.3, 0.4) is 0 Å². The average Bonchev–Trinajstić information content (AvgIpc) is 3.16. The van der Waals surface area contributed by atoms with Gasteiger partial charge in [-0.25, -0.2) is 0 Å². The van der Waals surface area contributed by atoms with Crippen molar-refractivity contribution in [3.8, 4) is 0 Å². The number of H-pyrrole nitrogens is 1. The molecule has 0 saturated carbocycles. The smallest absolute Gasteiger partial charge is 0.257 e. The molecule has 1 aliphatic heterocycles. The minimum atomic E-state index is -0.162. The SMILES string of the molecule is Cc1noc([C@H]2CN(Cc3cccc4[nH]ccc34)C[C@@H](C)O2)n1. The summed E-state index contributed by atoms with van der Waals surface area (Å²) in [4.78, 5) is 9.97. The Bertz CT molecular complexity index is 810. The van der Waals surface area contributed by atoms with E-state index < -0.39 is 0 Å². The normalized spacial score (nSPS) is 22.7. The Labute approximate surface area is 134 Å². The Morgan fingerprint density at radius 3 is 3.04 bits per heavy atom. The zero-order chi connectivity index (χ0) is 15.8. The number of nitrogens with zero attached hydrogens (tertiary/aromatic N) is 3. The van der Waals surface area contributed by atoms with Gasteiger partial charge < -0.3 is 14.2 Å². The molecule has 6 heteroatoms. The van der Waals surface area contributed by atoms with Crippen molar-refractivity contribution in [2.75, 3.05) is 13.1 Å². The summed E-state index contributed by atoms with van der Waals surface area (Å²) in [5.41, 5.74) is 2.49. The van der Waals surface area contributed by atoms with E-state index in [9.17, 15) is 0 Å². The van der Waals surface area contributed by atoms with E-state index in [0.717, 1.165) is 19.6 Å². The van der Waals surface area contributed by atoms with E-state index in [4.69, 9.17) is 9.26 Å². The summed E-state index contributed by atoms with van der Waals surface area (Å²) in [6.45, 7) is 6.44. The minimum Gasteiger partial charge on any atom is -0.363 e. The van der Waals surface area contributed by atoms with E-state index in [1.165, 1.54) is 16.5 Å². The van der Waals surface area contributed by atoms with Gasteiger partial charge in [-0.2, -0.15) is 4.98 Å². The van der Waals surface area contributed by atoms with Crippen molar-refractivity contribution in [3.05, 3.63) is 47.7 Å². The van der Waals surface area contributed by atoms with Crippen LogP contribution in [0.5, 0.6) is 0 Å². The molecular formula is C17H20N4O2. The van der Waals surface area contributed by atoms with Crippen LogP contribution < -0.4 is 0 Å². The fourth-order valence-electron chi connectivity index (χ4n) is 3.28. The molecule has 3 aromatic rings.